The molecule has 1 aliphatic heterocycles. The number of nitrogens with zero attached hydrogens (tertiary/aromatic N) is 1. The van der Waals surface area contributed by atoms with E-state index in [2.05, 4.69) is 49.7 Å². The summed E-state index contributed by atoms with van der Waals surface area (Å²) in [5.74, 6) is 8.56. The second-order valence-corrected chi connectivity index (χ2v) is 10.5. The molecular weight excluding hydrogens is 442 g/mol. The van der Waals surface area contributed by atoms with Gasteiger partial charge in [-0.05, 0) is 67.0 Å². The minimum atomic E-state index is -0.176. The van der Waals surface area contributed by atoms with Crippen LogP contribution in [0, 0.1) is 11.8 Å². The minimum Gasteiger partial charge on any atom is -0.493 e. The van der Waals surface area contributed by atoms with E-state index < -0.39 is 0 Å². The van der Waals surface area contributed by atoms with Crippen LogP contribution in [-0.4, -0.2) is 29.9 Å². The number of rotatable bonds is 10. The van der Waals surface area contributed by atoms with E-state index in [9.17, 15) is 4.79 Å². The molecule has 0 radical (unpaired) electrons. The van der Waals surface area contributed by atoms with Gasteiger partial charge >= 0.3 is 5.97 Å². The SMILES string of the molecule is CCCCCCSc1cc2c(cc1C#Cc1ccc(CCC(=O)OCC)cn1)C(C)(C)CCO2. The molecule has 5 heteroatoms. The van der Waals surface area contributed by atoms with Gasteiger partial charge in [0.15, 0.2) is 0 Å². The van der Waals surface area contributed by atoms with Crippen LogP contribution in [0.5, 0.6) is 5.75 Å². The minimum absolute atomic E-state index is 0.0765. The quantitative estimate of drug-likeness (QED) is 0.164. The highest BCUT2D eigenvalue weighted by Gasteiger charge is 2.29. The van der Waals surface area contributed by atoms with Crippen molar-refractivity contribution in [2.24, 2.45) is 0 Å². The van der Waals surface area contributed by atoms with Gasteiger partial charge in [-0.3, -0.25) is 4.79 Å². The molecule has 3 rings (SSSR count). The summed E-state index contributed by atoms with van der Waals surface area (Å²) in [7, 11) is 0. The molecule has 0 saturated carbocycles. The Bertz CT molecular complexity index is 1020. The highest BCUT2D eigenvalue weighted by atomic mass is 32.2. The van der Waals surface area contributed by atoms with Crippen molar-refractivity contribution in [2.75, 3.05) is 19.0 Å². The highest BCUT2D eigenvalue weighted by Crippen LogP contribution is 2.41. The summed E-state index contributed by atoms with van der Waals surface area (Å²) >= 11 is 1.87. The number of unbranched alkanes of at least 4 members (excludes halogenated alkanes) is 3. The largest absolute Gasteiger partial charge is 0.493 e. The molecule has 2 aromatic rings. The number of fused-ring (bicyclic) bond motifs is 1. The molecule has 2 heterocycles. The van der Waals surface area contributed by atoms with E-state index in [4.69, 9.17) is 9.47 Å². The first-order chi connectivity index (χ1) is 16.4. The topological polar surface area (TPSA) is 48.4 Å². The average molecular weight is 480 g/mol. The lowest BCUT2D eigenvalue weighted by Gasteiger charge is -2.33. The molecule has 182 valence electrons. The van der Waals surface area contributed by atoms with Crippen LogP contribution < -0.4 is 4.74 Å². The van der Waals surface area contributed by atoms with Gasteiger partial charge in [0, 0.05) is 28.6 Å². The van der Waals surface area contributed by atoms with Crippen molar-refractivity contribution >= 4 is 17.7 Å². The van der Waals surface area contributed by atoms with E-state index in [-0.39, 0.29) is 11.4 Å². The molecular formula is C29H37NO3S. The number of ether oxygens (including phenoxy) is 2. The third-order valence-electron chi connectivity index (χ3n) is 6.12. The Kier molecular flexibility index (Phi) is 9.89. The van der Waals surface area contributed by atoms with Gasteiger partial charge < -0.3 is 9.47 Å². The summed E-state index contributed by atoms with van der Waals surface area (Å²) in [5.41, 5.74) is 4.10. The summed E-state index contributed by atoms with van der Waals surface area (Å²) in [5, 5.41) is 0. The van der Waals surface area contributed by atoms with Crippen LogP contribution in [0.25, 0.3) is 0 Å². The molecule has 0 amide bonds. The van der Waals surface area contributed by atoms with Crippen molar-refractivity contribution in [3.8, 4) is 17.6 Å². The van der Waals surface area contributed by atoms with Crippen LogP contribution >= 0.6 is 11.8 Å². The maximum Gasteiger partial charge on any atom is 0.306 e. The second-order valence-electron chi connectivity index (χ2n) is 9.34. The number of carbonyl (C=O) groups is 1. The molecule has 34 heavy (non-hydrogen) atoms. The van der Waals surface area contributed by atoms with Crippen molar-refractivity contribution in [3.63, 3.8) is 0 Å². The number of pyridine rings is 1. The maximum absolute atomic E-state index is 11.6. The third kappa shape index (κ3) is 7.53. The fourth-order valence-corrected chi connectivity index (χ4v) is 4.97. The molecule has 0 N–H and O–H groups in total. The Morgan fingerprint density at radius 3 is 2.76 bits per heavy atom. The van der Waals surface area contributed by atoms with Gasteiger partial charge in [0.2, 0.25) is 0 Å². The first-order valence-corrected chi connectivity index (χ1v) is 13.5. The number of aromatic nitrogens is 1. The molecule has 0 atom stereocenters. The fourth-order valence-electron chi connectivity index (χ4n) is 3.95. The van der Waals surface area contributed by atoms with Gasteiger partial charge in [-0.1, -0.05) is 52.0 Å². The summed E-state index contributed by atoms with van der Waals surface area (Å²) in [6.45, 7) is 9.79. The van der Waals surface area contributed by atoms with Gasteiger partial charge in [-0.15, -0.1) is 11.8 Å². The van der Waals surface area contributed by atoms with Crippen molar-refractivity contribution in [3.05, 3.63) is 52.8 Å². The monoisotopic (exact) mass is 479 g/mol. The normalized spacial score (nSPS) is 13.9. The maximum atomic E-state index is 11.6. The van der Waals surface area contributed by atoms with Gasteiger partial charge in [-0.25, -0.2) is 4.98 Å². The third-order valence-corrected chi connectivity index (χ3v) is 7.27. The van der Waals surface area contributed by atoms with Crippen LogP contribution in [0.2, 0.25) is 0 Å². The predicted octanol–water partition coefficient (Wildman–Crippen LogP) is 6.71. The summed E-state index contributed by atoms with van der Waals surface area (Å²) < 4.78 is 11.0. The van der Waals surface area contributed by atoms with Crippen molar-refractivity contribution in [1.29, 1.82) is 0 Å². The standard InChI is InChI=1S/C29H37NO3S/c1-5-7-8-9-18-34-27-20-26-25(29(3,4)16-17-33-26)19-23(27)12-14-24-13-10-22(21-30-24)11-15-28(31)32-6-2/h10,13,19-21H,5-9,11,15-18H2,1-4H3. The van der Waals surface area contributed by atoms with E-state index >= 15 is 0 Å². The van der Waals surface area contributed by atoms with Gasteiger partial charge in [0.25, 0.3) is 0 Å². The lowest BCUT2D eigenvalue weighted by molar-refractivity contribution is -0.143. The summed E-state index contributed by atoms with van der Waals surface area (Å²) in [4.78, 5) is 17.3. The number of esters is 1. The van der Waals surface area contributed by atoms with E-state index in [0.29, 0.717) is 19.4 Å². The lowest BCUT2D eigenvalue weighted by atomic mass is 9.79. The molecule has 0 bridgehead atoms. The summed E-state index contributed by atoms with van der Waals surface area (Å²) in [6.07, 6.45) is 8.81. The first-order valence-electron chi connectivity index (χ1n) is 12.5. The molecule has 0 unspecified atom stereocenters. The van der Waals surface area contributed by atoms with E-state index in [1.807, 2.05) is 30.8 Å². The zero-order valence-corrected chi connectivity index (χ0v) is 21.9. The van der Waals surface area contributed by atoms with Crippen LogP contribution in [0.15, 0.2) is 35.4 Å². The Balaban J connectivity index is 1.77. The number of hydrogen-bond acceptors (Lipinski definition) is 5. The van der Waals surface area contributed by atoms with E-state index in [1.165, 1.54) is 36.1 Å². The van der Waals surface area contributed by atoms with E-state index in [1.54, 1.807) is 6.20 Å². The molecule has 4 nitrogen and oxygen atoms in total. The first kappa shape index (κ1) is 26.2. The van der Waals surface area contributed by atoms with Crippen LogP contribution in [0.1, 0.15) is 88.6 Å². The number of thioether (sulfide) groups is 1. The van der Waals surface area contributed by atoms with E-state index in [0.717, 1.165) is 41.4 Å². The van der Waals surface area contributed by atoms with Crippen molar-refractivity contribution in [1.82, 2.24) is 4.98 Å². The number of aryl methyl sites for hydroxylation is 1. The molecule has 0 fully saturated rings. The Labute approximate surface area is 209 Å². The molecule has 0 saturated heterocycles. The Morgan fingerprint density at radius 1 is 1.18 bits per heavy atom. The Morgan fingerprint density at radius 2 is 2.03 bits per heavy atom. The second kappa shape index (κ2) is 12.9. The van der Waals surface area contributed by atoms with Gasteiger partial charge in [-0.2, -0.15) is 0 Å². The zero-order chi connectivity index (χ0) is 24.4. The molecule has 1 aromatic carbocycles. The van der Waals surface area contributed by atoms with Gasteiger partial charge in [0.05, 0.1) is 13.2 Å². The van der Waals surface area contributed by atoms with Crippen molar-refractivity contribution < 1.29 is 14.3 Å². The summed E-state index contributed by atoms with van der Waals surface area (Å²) in [6, 6.07) is 8.33. The van der Waals surface area contributed by atoms with Crippen LogP contribution in [-0.2, 0) is 21.4 Å². The smallest absolute Gasteiger partial charge is 0.306 e. The number of carbonyl (C=O) groups excluding carboxylic acids is 1. The zero-order valence-electron chi connectivity index (χ0n) is 21.0. The molecule has 1 aromatic heterocycles. The number of hydrogen-bond donors (Lipinski definition) is 0. The molecule has 1 aliphatic rings. The highest BCUT2D eigenvalue weighted by molar-refractivity contribution is 7.99. The Hall–Kier alpha value is -2.45. The molecule has 0 aliphatic carbocycles. The fraction of sp³-hybridized carbons (Fsp3) is 0.517. The lowest BCUT2D eigenvalue weighted by Crippen LogP contribution is -2.26. The van der Waals surface area contributed by atoms with Crippen molar-refractivity contribution in [2.45, 2.75) is 83.0 Å². The number of benzene rings is 1. The average Bonchev–Trinajstić information content (AvgIpc) is 2.82. The molecule has 0 spiro atoms. The van der Waals surface area contributed by atoms with Gasteiger partial charge in [0.1, 0.15) is 11.4 Å². The van der Waals surface area contributed by atoms with Crippen LogP contribution in [0.3, 0.4) is 0 Å². The predicted molar refractivity (Wildman–Crippen MR) is 140 cm³/mol. The van der Waals surface area contributed by atoms with Crippen LogP contribution in [0.4, 0.5) is 0 Å².